The van der Waals surface area contributed by atoms with Crippen molar-refractivity contribution in [3.05, 3.63) is 164 Å². The maximum atomic E-state index is 6.88. The number of rotatable bonds is 4. The molecule has 0 bridgehead atoms. The Kier molecular flexibility index (Phi) is 7.88. The zero-order valence-corrected chi connectivity index (χ0v) is 33.5. The van der Waals surface area contributed by atoms with E-state index in [1.165, 1.54) is 104 Å². The summed E-state index contributed by atoms with van der Waals surface area (Å²) in [6.45, 7) is 0. The fourth-order valence-electron chi connectivity index (χ4n) is 9.90. The van der Waals surface area contributed by atoms with Crippen molar-refractivity contribution in [2.45, 2.75) is 0 Å². The summed E-state index contributed by atoms with van der Waals surface area (Å²) in [6.07, 6.45) is 0. The molecule has 0 unspecified atom stereocenters. The SMILES string of the molecule is Bc1c(B)c(B)c(-c2cccc3c2oc2cc(-c4ccc5c(-c6c7ccccc7c(-c7ccccc7)c7ccccc67)cc6ccccc6c5c4)ccc23)c(B)c1B. The van der Waals surface area contributed by atoms with Crippen molar-refractivity contribution in [2.75, 3.05) is 0 Å². The standard InChI is InChI=1S/C52H37B5O/c53-47-46(48(54)50(56)51(57)49(47)55)40-20-10-19-39-34-24-22-30(27-43(34)58-52(39)40)29-21-23-33-41(25-29)32-14-5-4-13-31(32)26-42(33)45-37-17-8-6-15-35(37)44(28-11-2-1-3-12-28)36-16-7-9-18-38(36)45/h1-27H,53-57H2. The summed E-state index contributed by atoms with van der Waals surface area (Å²) in [6, 6.07) is 60.3. The van der Waals surface area contributed by atoms with Gasteiger partial charge in [0.15, 0.2) is 0 Å². The average Bonchev–Trinajstić information content (AvgIpc) is 3.65. The number of hydrogen-bond acceptors (Lipinski definition) is 1. The van der Waals surface area contributed by atoms with Crippen LogP contribution in [-0.2, 0) is 0 Å². The highest BCUT2D eigenvalue weighted by Gasteiger charge is 2.21. The maximum absolute atomic E-state index is 6.88. The largest absolute Gasteiger partial charge is 0.455 e. The van der Waals surface area contributed by atoms with E-state index in [-0.39, 0.29) is 0 Å². The topological polar surface area (TPSA) is 13.1 Å². The number of para-hydroxylation sites is 1. The maximum Gasteiger partial charge on any atom is 0.143 e. The fourth-order valence-corrected chi connectivity index (χ4v) is 9.90. The molecule has 0 aliphatic heterocycles. The van der Waals surface area contributed by atoms with Gasteiger partial charge in [-0.15, -0.1) is 16.4 Å². The third-order valence-electron chi connectivity index (χ3n) is 13.2. The molecule has 266 valence electrons. The zero-order valence-electron chi connectivity index (χ0n) is 33.5. The van der Waals surface area contributed by atoms with Crippen LogP contribution in [0.3, 0.4) is 0 Å². The Hall–Kier alpha value is -6.64. The Labute approximate surface area is 342 Å². The van der Waals surface area contributed by atoms with Crippen molar-refractivity contribution >= 4 is 132 Å². The molecule has 1 heterocycles. The molecule has 0 saturated carbocycles. The highest BCUT2D eigenvalue weighted by Crippen LogP contribution is 2.47. The van der Waals surface area contributed by atoms with Gasteiger partial charge in [0.05, 0.1) is 0 Å². The Morgan fingerprint density at radius 1 is 0.293 bits per heavy atom. The van der Waals surface area contributed by atoms with E-state index in [1.54, 1.807) is 0 Å². The minimum Gasteiger partial charge on any atom is -0.455 e. The molecular formula is C52H37B5O. The second-order valence-corrected chi connectivity index (χ2v) is 16.1. The van der Waals surface area contributed by atoms with Crippen LogP contribution in [0.25, 0.3) is 110 Å². The van der Waals surface area contributed by atoms with Crippen LogP contribution in [0.4, 0.5) is 0 Å². The third kappa shape index (κ3) is 5.11. The van der Waals surface area contributed by atoms with E-state index in [4.69, 9.17) is 4.42 Å². The van der Waals surface area contributed by atoms with Gasteiger partial charge in [-0.2, -0.15) is 0 Å². The molecule has 0 fully saturated rings. The van der Waals surface area contributed by atoms with Crippen molar-refractivity contribution in [1.82, 2.24) is 0 Å². The van der Waals surface area contributed by atoms with E-state index in [1.807, 2.05) is 0 Å². The number of furan rings is 1. The van der Waals surface area contributed by atoms with E-state index >= 15 is 0 Å². The molecule has 0 aliphatic carbocycles. The minimum atomic E-state index is 0.908. The van der Waals surface area contributed by atoms with Gasteiger partial charge >= 0.3 is 0 Å². The molecule has 0 N–H and O–H groups in total. The molecule has 0 saturated heterocycles. The van der Waals surface area contributed by atoms with Crippen molar-refractivity contribution in [3.8, 4) is 44.5 Å². The zero-order chi connectivity index (χ0) is 39.2. The van der Waals surface area contributed by atoms with E-state index in [2.05, 4.69) is 203 Å². The lowest BCUT2D eigenvalue weighted by Gasteiger charge is -2.20. The van der Waals surface area contributed by atoms with Gasteiger partial charge in [-0.25, -0.2) is 0 Å². The lowest BCUT2D eigenvalue weighted by atomic mass is 9.59. The van der Waals surface area contributed by atoms with Gasteiger partial charge in [0.2, 0.25) is 0 Å². The van der Waals surface area contributed by atoms with Crippen LogP contribution in [0.2, 0.25) is 0 Å². The summed E-state index contributed by atoms with van der Waals surface area (Å²) in [5, 5.41) is 12.3. The molecule has 0 atom stereocenters. The predicted molar refractivity (Wildman–Crippen MR) is 266 cm³/mol. The van der Waals surface area contributed by atoms with Gasteiger partial charge in [-0.1, -0.05) is 150 Å². The third-order valence-corrected chi connectivity index (χ3v) is 13.2. The monoisotopic (exact) mass is 732 g/mol. The van der Waals surface area contributed by atoms with E-state index in [9.17, 15) is 0 Å². The molecule has 1 nitrogen and oxygen atoms in total. The number of hydrogen-bond donors (Lipinski definition) is 0. The Bertz CT molecular complexity index is 3430. The summed E-state index contributed by atoms with van der Waals surface area (Å²) in [5.74, 6) is 0. The first-order valence-corrected chi connectivity index (χ1v) is 20.3. The number of benzene rings is 10. The highest BCUT2D eigenvalue weighted by atomic mass is 16.3. The molecule has 11 rings (SSSR count). The first-order chi connectivity index (χ1) is 28.4. The van der Waals surface area contributed by atoms with Crippen LogP contribution in [-0.4, -0.2) is 39.2 Å². The van der Waals surface area contributed by atoms with Gasteiger partial charge in [-0.05, 0) is 106 Å². The Morgan fingerprint density at radius 2 is 0.828 bits per heavy atom. The van der Waals surface area contributed by atoms with E-state index in [0.29, 0.717) is 0 Å². The van der Waals surface area contributed by atoms with Crippen molar-refractivity contribution in [3.63, 3.8) is 0 Å². The van der Waals surface area contributed by atoms with E-state index < -0.39 is 0 Å². The molecule has 58 heavy (non-hydrogen) atoms. The van der Waals surface area contributed by atoms with Crippen LogP contribution < -0.4 is 27.3 Å². The average molecular weight is 732 g/mol. The van der Waals surface area contributed by atoms with Gasteiger partial charge < -0.3 is 4.42 Å². The van der Waals surface area contributed by atoms with Crippen LogP contribution in [0.15, 0.2) is 168 Å². The first kappa shape index (κ1) is 34.6. The second kappa shape index (κ2) is 13.2. The van der Waals surface area contributed by atoms with Gasteiger partial charge in [0.1, 0.15) is 50.4 Å². The molecule has 0 amide bonds. The summed E-state index contributed by atoms with van der Waals surface area (Å²) in [4.78, 5) is 0. The quantitative estimate of drug-likeness (QED) is 0.120. The number of fused-ring (bicyclic) bond motifs is 8. The minimum absolute atomic E-state index is 0.908. The van der Waals surface area contributed by atoms with Gasteiger partial charge in [0, 0.05) is 16.3 Å². The lowest BCUT2D eigenvalue weighted by Crippen LogP contribution is -2.55. The summed E-state index contributed by atoms with van der Waals surface area (Å²) in [5.41, 5.74) is 18.4. The van der Waals surface area contributed by atoms with Crippen LogP contribution >= 0.6 is 0 Å². The summed E-state index contributed by atoms with van der Waals surface area (Å²) in [7, 11) is 11.2. The Morgan fingerprint density at radius 3 is 1.50 bits per heavy atom. The summed E-state index contributed by atoms with van der Waals surface area (Å²) >= 11 is 0. The molecule has 6 heteroatoms. The van der Waals surface area contributed by atoms with E-state index in [0.717, 1.165) is 33.1 Å². The highest BCUT2D eigenvalue weighted by molar-refractivity contribution is 6.68. The molecule has 10 aromatic carbocycles. The summed E-state index contributed by atoms with van der Waals surface area (Å²) < 4.78 is 6.88. The molecule has 0 radical (unpaired) electrons. The van der Waals surface area contributed by atoms with Gasteiger partial charge in [0.25, 0.3) is 0 Å². The van der Waals surface area contributed by atoms with Crippen LogP contribution in [0.5, 0.6) is 0 Å². The van der Waals surface area contributed by atoms with Crippen LogP contribution in [0, 0.1) is 0 Å². The van der Waals surface area contributed by atoms with Crippen molar-refractivity contribution in [1.29, 1.82) is 0 Å². The smallest absolute Gasteiger partial charge is 0.143 e. The second-order valence-electron chi connectivity index (χ2n) is 16.1. The van der Waals surface area contributed by atoms with Gasteiger partial charge in [-0.3, -0.25) is 0 Å². The molecule has 1 aromatic heterocycles. The molecule has 11 aromatic rings. The lowest BCUT2D eigenvalue weighted by molar-refractivity contribution is 0.670. The Balaban J connectivity index is 1.13. The predicted octanol–water partition coefficient (Wildman–Crippen LogP) is 6.16. The molecular weight excluding hydrogens is 695 g/mol. The normalized spacial score (nSPS) is 11.8. The first-order valence-electron chi connectivity index (χ1n) is 20.3. The molecule has 0 spiro atoms. The van der Waals surface area contributed by atoms with Crippen molar-refractivity contribution in [2.24, 2.45) is 0 Å². The fraction of sp³-hybridized carbons (Fsp3) is 0. The molecule has 0 aliphatic rings. The van der Waals surface area contributed by atoms with Crippen LogP contribution in [0.1, 0.15) is 0 Å². The van der Waals surface area contributed by atoms with Crippen molar-refractivity contribution < 1.29 is 4.42 Å².